The minimum atomic E-state index is -0.701. The highest BCUT2D eigenvalue weighted by Gasteiger charge is 2.26. The van der Waals surface area contributed by atoms with E-state index in [-0.39, 0.29) is 18.7 Å². The maximum absolute atomic E-state index is 12.0. The highest BCUT2D eigenvalue weighted by atomic mass is 35.5. The molecule has 1 aromatic rings. The molecule has 25 heavy (non-hydrogen) atoms. The lowest BCUT2D eigenvalue weighted by Gasteiger charge is -2.31. The normalized spacial score (nSPS) is 14.7. The number of carbonyl (C=O) groups excluding carboxylic acids is 3. The van der Waals surface area contributed by atoms with E-state index in [9.17, 15) is 14.4 Å². The number of hydrogen-bond acceptors (Lipinski definition) is 4. The zero-order valence-electron chi connectivity index (χ0n) is 14.1. The number of hydrogen-bond donors (Lipinski definition) is 2. The highest BCUT2D eigenvalue weighted by Crippen LogP contribution is 2.14. The highest BCUT2D eigenvalue weighted by molar-refractivity contribution is 6.35. The summed E-state index contributed by atoms with van der Waals surface area (Å²) in [6, 6.07) is 6.98. The second kappa shape index (κ2) is 9.27. The standard InChI is InChI=1S/C17H22ClN3O4/c1-2-25-17(24)21-9-7-13(8-10-21)20-16(23)15(22)19-11-12-5-3-4-6-14(12)18/h3-6,13H,2,7-11H2,1H3,(H,19,22)(H,20,23). The number of likely N-dealkylation sites (tertiary alicyclic amines) is 1. The van der Waals surface area contributed by atoms with E-state index >= 15 is 0 Å². The molecule has 1 fully saturated rings. The Hall–Kier alpha value is -2.28. The van der Waals surface area contributed by atoms with Gasteiger partial charge in [0.05, 0.1) is 6.61 Å². The maximum atomic E-state index is 12.0. The third-order valence-corrected chi connectivity index (χ3v) is 4.33. The fourth-order valence-corrected chi connectivity index (χ4v) is 2.77. The molecule has 1 heterocycles. The first-order valence-corrected chi connectivity index (χ1v) is 8.62. The van der Waals surface area contributed by atoms with Gasteiger partial charge in [-0.2, -0.15) is 0 Å². The monoisotopic (exact) mass is 367 g/mol. The Morgan fingerprint density at radius 3 is 2.52 bits per heavy atom. The molecule has 1 aromatic carbocycles. The molecule has 2 N–H and O–H groups in total. The fraction of sp³-hybridized carbons (Fsp3) is 0.471. The van der Waals surface area contributed by atoms with Gasteiger partial charge in [-0.25, -0.2) is 4.79 Å². The van der Waals surface area contributed by atoms with E-state index < -0.39 is 11.8 Å². The van der Waals surface area contributed by atoms with Gasteiger partial charge in [-0.3, -0.25) is 9.59 Å². The van der Waals surface area contributed by atoms with Gasteiger partial charge >= 0.3 is 17.9 Å². The lowest BCUT2D eigenvalue weighted by Crippen LogP contribution is -2.50. The van der Waals surface area contributed by atoms with E-state index in [1.54, 1.807) is 30.0 Å². The maximum Gasteiger partial charge on any atom is 0.409 e. The van der Waals surface area contributed by atoms with Crippen molar-refractivity contribution in [2.24, 2.45) is 0 Å². The van der Waals surface area contributed by atoms with Crippen LogP contribution < -0.4 is 10.6 Å². The van der Waals surface area contributed by atoms with Crippen molar-refractivity contribution in [3.63, 3.8) is 0 Å². The Labute approximate surface area is 151 Å². The predicted octanol–water partition coefficient (Wildman–Crippen LogP) is 1.69. The smallest absolute Gasteiger partial charge is 0.409 e. The van der Waals surface area contributed by atoms with E-state index in [1.165, 1.54) is 0 Å². The van der Waals surface area contributed by atoms with Crippen LogP contribution >= 0.6 is 11.6 Å². The average molecular weight is 368 g/mol. The topological polar surface area (TPSA) is 87.7 Å². The van der Waals surface area contributed by atoms with Crippen molar-refractivity contribution in [1.29, 1.82) is 0 Å². The summed E-state index contributed by atoms with van der Waals surface area (Å²) >= 11 is 6.01. The molecule has 1 aliphatic rings. The zero-order valence-corrected chi connectivity index (χ0v) is 14.8. The average Bonchev–Trinajstić information content (AvgIpc) is 2.61. The van der Waals surface area contributed by atoms with Gasteiger partial charge in [-0.1, -0.05) is 29.8 Å². The van der Waals surface area contributed by atoms with Crippen molar-refractivity contribution >= 4 is 29.5 Å². The Morgan fingerprint density at radius 1 is 1.20 bits per heavy atom. The lowest BCUT2D eigenvalue weighted by atomic mass is 10.1. The molecule has 0 aromatic heterocycles. The third kappa shape index (κ3) is 5.63. The van der Waals surface area contributed by atoms with Gasteiger partial charge in [0.1, 0.15) is 0 Å². The van der Waals surface area contributed by atoms with Crippen LogP contribution in [0.25, 0.3) is 0 Å². The summed E-state index contributed by atoms with van der Waals surface area (Å²) in [6.45, 7) is 3.26. The molecule has 0 radical (unpaired) electrons. The Morgan fingerprint density at radius 2 is 1.88 bits per heavy atom. The minimum absolute atomic E-state index is 0.135. The van der Waals surface area contributed by atoms with Crippen LogP contribution in [-0.2, 0) is 20.9 Å². The van der Waals surface area contributed by atoms with Crippen LogP contribution in [0.5, 0.6) is 0 Å². The molecule has 0 unspecified atom stereocenters. The molecule has 136 valence electrons. The Bertz CT molecular complexity index is 630. The zero-order chi connectivity index (χ0) is 18.2. The van der Waals surface area contributed by atoms with E-state index in [4.69, 9.17) is 16.3 Å². The molecule has 8 heteroatoms. The molecule has 1 saturated heterocycles. The van der Waals surface area contributed by atoms with E-state index in [1.807, 2.05) is 6.07 Å². The predicted molar refractivity (Wildman–Crippen MR) is 93.1 cm³/mol. The minimum Gasteiger partial charge on any atom is -0.450 e. The fourth-order valence-electron chi connectivity index (χ4n) is 2.57. The van der Waals surface area contributed by atoms with Crippen molar-refractivity contribution in [2.75, 3.05) is 19.7 Å². The van der Waals surface area contributed by atoms with Crippen LogP contribution in [0.4, 0.5) is 4.79 Å². The number of carbonyl (C=O) groups is 3. The Balaban J connectivity index is 1.74. The molecule has 0 bridgehead atoms. The number of rotatable bonds is 4. The third-order valence-electron chi connectivity index (χ3n) is 3.96. The summed E-state index contributed by atoms with van der Waals surface area (Å²) < 4.78 is 4.94. The van der Waals surface area contributed by atoms with Crippen LogP contribution in [0.1, 0.15) is 25.3 Å². The van der Waals surface area contributed by atoms with Crippen LogP contribution in [0.2, 0.25) is 5.02 Å². The van der Waals surface area contributed by atoms with Crippen molar-refractivity contribution < 1.29 is 19.1 Å². The number of benzene rings is 1. The number of ether oxygens (including phenoxy) is 1. The molecule has 3 amide bonds. The van der Waals surface area contributed by atoms with Gasteiger partial charge in [0.25, 0.3) is 0 Å². The van der Waals surface area contributed by atoms with Gasteiger partial charge in [0, 0.05) is 30.7 Å². The van der Waals surface area contributed by atoms with Crippen LogP contribution in [0, 0.1) is 0 Å². The first-order chi connectivity index (χ1) is 12.0. The SMILES string of the molecule is CCOC(=O)N1CCC(NC(=O)C(=O)NCc2ccccc2Cl)CC1. The lowest BCUT2D eigenvalue weighted by molar-refractivity contribution is -0.139. The molecule has 0 atom stereocenters. The summed E-state index contributed by atoms with van der Waals surface area (Å²) in [4.78, 5) is 37.1. The van der Waals surface area contributed by atoms with Crippen LogP contribution in [0.15, 0.2) is 24.3 Å². The van der Waals surface area contributed by atoms with E-state index in [0.29, 0.717) is 37.6 Å². The molecule has 2 rings (SSSR count). The summed E-state index contributed by atoms with van der Waals surface area (Å²) in [5, 5.41) is 5.79. The summed E-state index contributed by atoms with van der Waals surface area (Å²) in [6.07, 6.45) is 0.829. The van der Waals surface area contributed by atoms with Gasteiger partial charge in [-0.15, -0.1) is 0 Å². The van der Waals surface area contributed by atoms with Gasteiger partial charge in [0.15, 0.2) is 0 Å². The van der Waals surface area contributed by atoms with Gasteiger partial charge in [0.2, 0.25) is 0 Å². The first-order valence-electron chi connectivity index (χ1n) is 8.25. The summed E-state index contributed by atoms with van der Waals surface area (Å²) in [7, 11) is 0. The first kappa shape index (κ1) is 19.1. The second-order valence-electron chi connectivity index (χ2n) is 5.71. The molecule has 0 spiro atoms. The number of nitrogens with zero attached hydrogens (tertiary/aromatic N) is 1. The van der Waals surface area contributed by atoms with Crippen LogP contribution in [0.3, 0.4) is 0 Å². The number of halogens is 1. The van der Waals surface area contributed by atoms with Crippen molar-refractivity contribution in [3.05, 3.63) is 34.9 Å². The van der Waals surface area contributed by atoms with Crippen LogP contribution in [-0.4, -0.2) is 48.5 Å². The van der Waals surface area contributed by atoms with E-state index in [2.05, 4.69) is 10.6 Å². The quantitative estimate of drug-likeness (QED) is 0.793. The second-order valence-corrected chi connectivity index (χ2v) is 6.11. The molecule has 0 aliphatic carbocycles. The molecule has 0 saturated carbocycles. The molecular weight excluding hydrogens is 346 g/mol. The molecule has 1 aliphatic heterocycles. The molecule has 7 nitrogen and oxygen atoms in total. The van der Waals surface area contributed by atoms with E-state index in [0.717, 1.165) is 5.56 Å². The summed E-state index contributed by atoms with van der Waals surface area (Å²) in [5.41, 5.74) is 0.744. The Kier molecular flexibility index (Phi) is 7.06. The van der Waals surface area contributed by atoms with Crippen molar-refractivity contribution in [3.8, 4) is 0 Å². The van der Waals surface area contributed by atoms with Crippen molar-refractivity contribution in [2.45, 2.75) is 32.4 Å². The van der Waals surface area contributed by atoms with Gasteiger partial charge < -0.3 is 20.3 Å². The van der Waals surface area contributed by atoms with Gasteiger partial charge in [-0.05, 0) is 31.4 Å². The number of piperidine rings is 1. The van der Waals surface area contributed by atoms with Crippen molar-refractivity contribution in [1.82, 2.24) is 15.5 Å². The largest absolute Gasteiger partial charge is 0.450 e. The number of amides is 3. The molecular formula is C17H22ClN3O4. The number of nitrogens with one attached hydrogen (secondary N) is 2. The summed E-state index contributed by atoms with van der Waals surface area (Å²) in [5.74, 6) is -1.38.